The lowest BCUT2D eigenvalue weighted by Gasteiger charge is -2.29. The number of aliphatic carboxylic acids is 1. The van der Waals surface area contributed by atoms with Gasteiger partial charge in [-0.2, -0.15) is 0 Å². The van der Waals surface area contributed by atoms with Crippen LogP contribution in [-0.2, 0) is 15.1 Å². The smallest absolute Gasteiger partial charge is 0.340 e. The van der Waals surface area contributed by atoms with E-state index in [0.717, 1.165) is 0 Å². The van der Waals surface area contributed by atoms with E-state index in [1.807, 2.05) is 0 Å². The van der Waals surface area contributed by atoms with Crippen molar-refractivity contribution in [3.05, 3.63) is 41.5 Å². The molecule has 1 aromatic rings. The normalized spacial score (nSPS) is 23.2. The number of hydrogen-bond donors (Lipinski definition) is 2. The van der Waals surface area contributed by atoms with Crippen LogP contribution in [0.4, 0.5) is 0 Å². The molecule has 1 atom stereocenters. The summed E-state index contributed by atoms with van der Waals surface area (Å²) >= 11 is 0. The molecule has 4 nitrogen and oxygen atoms in total. The molecule has 2 N–H and O–H groups in total. The molecule has 0 saturated carbocycles. The zero-order valence-electron chi connectivity index (χ0n) is 8.80. The maximum atomic E-state index is 11.1. The Labute approximate surface area is 92.8 Å². The van der Waals surface area contributed by atoms with Crippen molar-refractivity contribution in [2.45, 2.75) is 12.0 Å². The van der Waals surface area contributed by atoms with Gasteiger partial charge in [-0.25, -0.2) is 4.79 Å². The van der Waals surface area contributed by atoms with E-state index in [1.54, 1.807) is 30.3 Å². The predicted molar refractivity (Wildman–Crippen MR) is 57.6 cm³/mol. The van der Waals surface area contributed by atoms with Crippen LogP contribution in [0.1, 0.15) is 17.5 Å². The third kappa shape index (κ3) is 1.39. The first-order valence-electron chi connectivity index (χ1n) is 4.89. The zero-order valence-corrected chi connectivity index (χ0v) is 8.80. The summed E-state index contributed by atoms with van der Waals surface area (Å²) in [5.74, 6) is -0.645. The molecule has 0 bridgehead atoms. The topological polar surface area (TPSA) is 66.8 Å². The van der Waals surface area contributed by atoms with Gasteiger partial charge in [-0.1, -0.05) is 24.3 Å². The molecular weight excluding hydrogens is 208 g/mol. The van der Waals surface area contributed by atoms with Crippen molar-refractivity contribution in [2.75, 3.05) is 7.11 Å². The van der Waals surface area contributed by atoms with Gasteiger partial charge in [0.15, 0.2) is 5.60 Å². The summed E-state index contributed by atoms with van der Waals surface area (Å²) in [6.45, 7) is 0. The second-order valence-electron chi connectivity index (χ2n) is 3.69. The van der Waals surface area contributed by atoms with Crippen molar-refractivity contribution in [1.82, 2.24) is 0 Å². The van der Waals surface area contributed by atoms with Crippen LogP contribution in [0.3, 0.4) is 0 Å². The Morgan fingerprint density at radius 3 is 2.75 bits per heavy atom. The average molecular weight is 220 g/mol. The van der Waals surface area contributed by atoms with Crippen molar-refractivity contribution in [2.24, 2.45) is 0 Å². The van der Waals surface area contributed by atoms with Crippen LogP contribution >= 0.6 is 0 Å². The Balaban J connectivity index is 2.62. The minimum absolute atomic E-state index is 0.0164. The Bertz CT molecular complexity index is 464. The molecule has 1 aliphatic rings. The van der Waals surface area contributed by atoms with E-state index in [2.05, 4.69) is 0 Å². The van der Waals surface area contributed by atoms with Gasteiger partial charge in [-0.3, -0.25) is 0 Å². The largest absolute Gasteiger partial charge is 0.496 e. The van der Waals surface area contributed by atoms with Crippen LogP contribution in [0.2, 0.25) is 0 Å². The highest BCUT2D eigenvalue weighted by Gasteiger charge is 2.41. The fraction of sp³-hybridized carbons (Fsp3) is 0.250. The van der Waals surface area contributed by atoms with Crippen molar-refractivity contribution < 1.29 is 19.7 Å². The van der Waals surface area contributed by atoms with E-state index in [-0.39, 0.29) is 6.42 Å². The van der Waals surface area contributed by atoms with E-state index >= 15 is 0 Å². The lowest BCUT2D eigenvalue weighted by atomic mass is 9.82. The van der Waals surface area contributed by atoms with Gasteiger partial charge in [-0.15, -0.1) is 0 Å². The predicted octanol–water partition coefficient (Wildman–Crippen LogP) is 1.35. The molecule has 0 heterocycles. The van der Waals surface area contributed by atoms with Gasteiger partial charge in [0.25, 0.3) is 0 Å². The van der Waals surface area contributed by atoms with Gasteiger partial charge in [0.05, 0.1) is 7.11 Å². The number of rotatable bonds is 2. The number of carboxylic acids is 1. The van der Waals surface area contributed by atoms with E-state index in [0.29, 0.717) is 16.9 Å². The van der Waals surface area contributed by atoms with Gasteiger partial charge in [0.2, 0.25) is 0 Å². The Morgan fingerprint density at radius 1 is 1.44 bits per heavy atom. The number of methoxy groups -OCH3 is 1. The fourth-order valence-corrected chi connectivity index (χ4v) is 1.91. The Morgan fingerprint density at radius 2 is 2.12 bits per heavy atom. The maximum absolute atomic E-state index is 11.1. The van der Waals surface area contributed by atoms with Gasteiger partial charge in [0.1, 0.15) is 5.76 Å². The Kier molecular flexibility index (Phi) is 2.44. The molecule has 2 rings (SSSR count). The molecule has 1 aliphatic carbocycles. The van der Waals surface area contributed by atoms with Crippen LogP contribution in [0.15, 0.2) is 30.3 Å². The standard InChI is InChI=1S/C12H12O4/c1-16-10-6-7-12(15,11(13)14)9-5-3-2-4-8(9)10/h2-6,15H,7H2,1H3,(H,13,14). The lowest BCUT2D eigenvalue weighted by Crippen LogP contribution is -2.37. The number of hydrogen-bond acceptors (Lipinski definition) is 3. The molecule has 0 aromatic heterocycles. The van der Waals surface area contributed by atoms with Crippen LogP contribution in [0.5, 0.6) is 0 Å². The van der Waals surface area contributed by atoms with Crippen molar-refractivity contribution in [1.29, 1.82) is 0 Å². The van der Waals surface area contributed by atoms with Gasteiger partial charge >= 0.3 is 5.97 Å². The summed E-state index contributed by atoms with van der Waals surface area (Å²) in [5.41, 5.74) is -0.846. The van der Waals surface area contributed by atoms with E-state index in [9.17, 15) is 9.90 Å². The van der Waals surface area contributed by atoms with Crippen molar-refractivity contribution in [3.63, 3.8) is 0 Å². The van der Waals surface area contributed by atoms with E-state index in [4.69, 9.17) is 9.84 Å². The molecule has 0 radical (unpaired) electrons. The third-order valence-electron chi connectivity index (χ3n) is 2.79. The first-order valence-corrected chi connectivity index (χ1v) is 4.89. The second kappa shape index (κ2) is 3.64. The summed E-state index contributed by atoms with van der Waals surface area (Å²) in [6, 6.07) is 6.82. The number of aliphatic hydroxyl groups is 1. The molecule has 84 valence electrons. The summed E-state index contributed by atoms with van der Waals surface area (Å²) in [6.07, 6.45) is 1.61. The van der Waals surface area contributed by atoms with Gasteiger partial charge in [0, 0.05) is 17.5 Å². The van der Waals surface area contributed by atoms with Gasteiger partial charge in [-0.05, 0) is 6.08 Å². The Hall–Kier alpha value is -1.81. The number of ether oxygens (including phenoxy) is 1. The van der Waals surface area contributed by atoms with Gasteiger partial charge < -0.3 is 14.9 Å². The highest BCUT2D eigenvalue weighted by Crippen LogP contribution is 2.37. The molecule has 0 spiro atoms. The molecule has 4 heteroatoms. The van der Waals surface area contributed by atoms with Crippen LogP contribution in [0, 0.1) is 0 Å². The fourth-order valence-electron chi connectivity index (χ4n) is 1.91. The molecule has 16 heavy (non-hydrogen) atoms. The quantitative estimate of drug-likeness (QED) is 0.789. The molecular formula is C12H12O4. The SMILES string of the molecule is COC1=CCC(O)(C(=O)O)c2ccccc21. The number of carboxylic acid groups (broad SMARTS) is 1. The van der Waals surface area contributed by atoms with Crippen molar-refractivity contribution in [3.8, 4) is 0 Å². The summed E-state index contributed by atoms with van der Waals surface area (Å²) in [7, 11) is 1.52. The van der Waals surface area contributed by atoms with E-state index in [1.165, 1.54) is 7.11 Å². The molecule has 0 saturated heterocycles. The number of carbonyl (C=O) groups is 1. The van der Waals surface area contributed by atoms with Crippen LogP contribution in [0.25, 0.3) is 5.76 Å². The first-order chi connectivity index (χ1) is 7.59. The van der Waals surface area contributed by atoms with Crippen LogP contribution in [-0.4, -0.2) is 23.3 Å². The summed E-state index contributed by atoms with van der Waals surface area (Å²) < 4.78 is 5.15. The van der Waals surface area contributed by atoms with E-state index < -0.39 is 11.6 Å². The minimum Gasteiger partial charge on any atom is -0.496 e. The molecule has 0 aliphatic heterocycles. The van der Waals surface area contributed by atoms with Crippen molar-refractivity contribution >= 4 is 11.7 Å². The highest BCUT2D eigenvalue weighted by molar-refractivity contribution is 5.84. The molecule has 0 fully saturated rings. The first kappa shape index (κ1) is 10.7. The molecule has 0 amide bonds. The lowest BCUT2D eigenvalue weighted by molar-refractivity contribution is -0.159. The highest BCUT2D eigenvalue weighted by atomic mass is 16.5. The maximum Gasteiger partial charge on any atom is 0.340 e. The minimum atomic E-state index is -1.85. The number of benzene rings is 1. The monoisotopic (exact) mass is 220 g/mol. The van der Waals surface area contributed by atoms with Crippen LogP contribution < -0.4 is 0 Å². The zero-order chi connectivity index (χ0) is 11.8. The molecule has 1 unspecified atom stereocenters. The summed E-state index contributed by atoms with van der Waals surface area (Å²) in [4.78, 5) is 11.1. The third-order valence-corrected chi connectivity index (χ3v) is 2.79. The average Bonchev–Trinajstić information content (AvgIpc) is 2.30. The summed E-state index contributed by atoms with van der Waals surface area (Å²) in [5, 5.41) is 19.2. The number of fused-ring (bicyclic) bond motifs is 1. The second-order valence-corrected chi connectivity index (χ2v) is 3.69. The molecule has 1 aromatic carbocycles.